The van der Waals surface area contributed by atoms with Crippen molar-refractivity contribution in [1.29, 1.82) is 0 Å². The van der Waals surface area contributed by atoms with Crippen LogP contribution in [-0.4, -0.2) is 14.7 Å². The first-order valence-corrected chi connectivity index (χ1v) is 8.47. The van der Waals surface area contributed by atoms with Crippen molar-refractivity contribution in [3.05, 3.63) is 66.2 Å². The molecule has 1 heterocycles. The second kappa shape index (κ2) is 5.39. The summed E-state index contributed by atoms with van der Waals surface area (Å²) >= 11 is 0. The smallest absolute Gasteiger partial charge is 0.180 e. The number of benzene rings is 2. The first-order valence-electron chi connectivity index (χ1n) is 7.32. The maximum absolute atomic E-state index is 13.1. The Labute approximate surface area is 128 Å². The van der Waals surface area contributed by atoms with Crippen molar-refractivity contribution < 1.29 is 8.95 Å². The Balaban J connectivity index is 1.94. The number of hydrogen-bond acceptors (Lipinski definition) is 2. The summed E-state index contributed by atoms with van der Waals surface area (Å²) in [5.41, 5.74) is 0.850. The van der Waals surface area contributed by atoms with Crippen LogP contribution in [0, 0.1) is 0 Å². The maximum Gasteiger partial charge on any atom is 0.180 e. The lowest BCUT2D eigenvalue weighted by Crippen LogP contribution is -2.30. The number of ether oxygens (including phenoxy) is 1. The molecule has 0 aliphatic carbocycles. The minimum Gasteiger partial charge on any atom is -0.348 e. The second-order valence-electron chi connectivity index (χ2n) is 5.68. The standard InChI is InChI=1S/C18H20O2S/c1-3-17(2)18(20-17,14-15-10-6-4-7-11-15)21(19)16-12-8-5-9-13-16/h4-13H,3,14H2,1-2H3. The predicted molar refractivity (Wildman–Crippen MR) is 85.5 cm³/mol. The highest BCUT2D eigenvalue weighted by atomic mass is 32.2. The largest absolute Gasteiger partial charge is 0.348 e. The molecule has 1 aliphatic rings. The molecule has 0 amide bonds. The monoisotopic (exact) mass is 300 g/mol. The summed E-state index contributed by atoms with van der Waals surface area (Å²) in [6.07, 6.45) is 1.54. The topological polar surface area (TPSA) is 29.6 Å². The lowest BCUT2D eigenvalue weighted by Gasteiger charge is -2.16. The van der Waals surface area contributed by atoms with Gasteiger partial charge in [0.05, 0.1) is 10.8 Å². The molecule has 1 saturated heterocycles. The SMILES string of the molecule is CCC1(C)OC1(Cc1ccccc1)S(=O)c1ccccc1. The van der Waals surface area contributed by atoms with Gasteiger partial charge >= 0.3 is 0 Å². The van der Waals surface area contributed by atoms with Crippen LogP contribution < -0.4 is 0 Å². The highest BCUT2D eigenvalue weighted by molar-refractivity contribution is 7.86. The summed E-state index contributed by atoms with van der Waals surface area (Å²) in [7, 11) is -1.17. The van der Waals surface area contributed by atoms with Gasteiger partial charge in [0.15, 0.2) is 4.93 Å². The van der Waals surface area contributed by atoms with Crippen LogP contribution in [0.2, 0.25) is 0 Å². The molecule has 0 radical (unpaired) electrons. The zero-order valence-electron chi connectivity index (χ0n) is 12.4. The van der Waals surface area contributed by atoms with Gasteiger partial charge in [-0.1, -0.05) is 55.5 Å². The lowest BCUT2D eigenvalue weighted by molar-refractivity contribution is 0.294. The Morgan fingerprint density at radius 1 is 1.00 bits per heavy atom. The molecule has 3 atom stereocenters. The van der Waals surface area contributed by atoms with Gasteiger partial charge in [0, 0.05) is 11.3 Å². The molecule has 2 aromatic carbocycles. The Hall–Kier alpha value is -1.45. The first kappa shape index (κ1) is 14.5. The van der Waals surface area contributed by atoms with E-state index >= 15 is 0 Å². The van der Waals surface area contributed by atoms with Crippen molar-refractivity contribution in [3.63, 3.8) is 0 Å². The van der Waals surface area contributed by atoms with Crippen LogP contribution in [0.15, 0.2) is 65.6 Å². The number of epoxide rings is 1. The molecule has 2 nitrogen and oxygen atoms in total. The van der Waals surface area contributed by atoms with E-state index < -0.39 is 15.7 Å². The molecule has 1 fully saturated rings. The van der Waals surface area contributed by atoms with Crippen LogP contribution in [0.3, 0.4) is 0 Å². The Bertz CT molecular complexity index is 641. The molecule has 110 valence electrons. The van der Waals surface area contributed by atoms with E-state index in [2.05, 4.69) is 26.0 Å². The minimum atomic E-state index is -1.17. The van der Waals surface area contributed by atoms with Crippen LogP contribution in [-0.2, 0) is 22.0 Å². The van der Waals surface area contributed by atoms with Crippen LogP contribution in [0.4, 0.5) is 0 Å². The van der Waals surface area contributed by atoms with E-state index in [0.717, 1.165) is 11.3 Å². The Kier molecular flexibility index (Phi) is 3.72. The molecule has 3 rings (SSSR count). The van der Waals surface area contributed by atoms with Crippen molar-refractivity contribution in [2.24, 2.45) is 0 Å². The molecule has 3 unspecified atom stereocenters. The molecule has 0 bridgehead atoms. The number of hydrogen-bond donors (Lipinski definition) is 0. The third-order valence-electron chi connectivity index (χ3n) is 4.37. The van der Waals surface area contributed by atoms with Crippen molar-refractivity contribution in [3.8, 4) is 0 Å². The summed E-state index contributed by atoms with van der Waals surface area (Å²) in [4.78, 5) is 0.232. The second-order valence-corrected chi connectivity index (χ2v) is 7.35. The highest BCUT2D eigenvalue weighted by Crippen LogP contribution is 2.55. The van der Waals surface area contributed by atoms with Gasteiger partial charge in [-0.05, 0) is 31.0 Å². The van der Waals surface area contributed by atoms with Crippen LogP contribution in [0.5, 0.6) is 0 Å². The minimum absolute atomic E-state index is 0.316. The van der Waals surface area contributed by atoms with Crippen molar-refractivity contribution >= 4 is 10.8 Å². The van der Waals surface area contributed by atoms with Gasteiger partial charge in [0.25, 0.3) is 0 Å². The summed E-state index contributed by atoms with van der Waals surface area (Å²) in [5, 5.41) is 0. The van der Waals surface area contributed by atoms with E-state index in [0.29, 0.717) is 6.42 Å². The van der Waals surface area contributed by atoms with Crippen LogP contribution >= 0.6 is 0 Å². The quantitative estimate of drug-likeness (QED) is 0.783. The lowest BCUT2D eigenvalue weighted by atomic mass is 9.98. The fraction of sp³-hybridized carbons (Fsp3) is 0.333. The van der Waals surface area contributed by atoms with Crippen molar-refractivity contribution in [2.45, 2.75) is 42.1 Å². The van der Waals surface area contributed by atoms with E-state index in [1.54, 1.807) is 0 Å². The van der Waals surface area contributed by atoms with Gasteiger partial charge in [0.2, 0.25) is 0 Å². The summed E-state index contributed by atoms with van der Waals surface area (Å²) in [5.74, 6) is 0. The first-order chi connectivity index (χ1) is 10.1. The predicted octanol–water partition coefficient (Wildman–Crippen LogP) is 3.93. The van der Waals surface area contributed by atoms with Gasteiger partial charge in [-0.15, -0.1) is 0 Å². The number of rotatable bonds is 5. The van der Waals surface area contributed by atoms with Crippen LogP contribution in [0.25, 0.3) is 0 Å². The molecule has 21 heavy (non-hydrogen) atoms. The van der Waals surface area contributed by atoms with E-state index in [9.17, 15) is 4.21 Å². The fourth-order valence-electron chi connectivity index (χ4n) is 2.80. The molecular formula is C18H20O2S. The van der Waals surface area contributed by atoms with E-state index in [4.69, 9.17) is 4.74 Å². The van der Waals surface area contributed by atoms with Crippen molar-refractivity contribution in [2.75, 3.05) is 0 Å². The van der Waals surface area contributed by atoms with E-state index in [-0.39, 0.29) is 5.60 Å². The molecule has 3 heteroatoms. The van der Waals surface area contributed by atoms with Crippen LogP contribution in [0.1, 0.15) is 25.8 Å². The average molecular weight is 300 g/mol. The normalized spacial score (nSPS) is 29.0. The Morgan fingerprint density at radius 3 is 2.10 bits per heavy atom. The molecular weight excluding hydrogens is 280 g/mol. The van der Waals surface area contributed by atoms with Gasteiger partial charge < -0.3 is 4.74 Å². The third-order valence-corrected chi connectivity index (χ3v) is 6.32. The summed E-state index contributed by atoms with van der Waals surface area (Å²) in [6, 6.07) is 19.8. The van der Waals surface area contributed by atoms with Gasteiger partial charge in [-0.3, -0.25) is 4.21 Å². The average Bonchev–Trinajstić information content (AvgIpc) is 3.14. The molecule has 1 aliphatic heterocycles. The van der Waals surface area contributed by atoms with Gasteiger partial charge in [0.1, 0.15) is 5.60 Å². The molecule has 0 saturated carbocycles. The highest BCUT2D eigenvalue weighted by Gasteiger charge is 2.69. The van der Waals surface area contributed by atoms with E-state index in [1.807, 2.05) is 48.5 Å². The molecule has 0 spiro atoms. The zero-order valence-corrected chi connectivity index (χ0v) is 13.2. The zero-order chi connectivity index (χ0) is 14.9. The van der Waals surface area contributed by atoms with Crippen molar-refractivity contribution in [1.82, 2.24) is 0 Å². The maximum atomic E-state index is 13.1. The molecule has 0 N–H and O–H groups in total. The molecule has 2 aromatic rings. The fourth-order valence-corrected chi connectivity index (χ4v) is 4.68. The summed E-state index contributed by atoms with van der Waals surface area (Å²) in [6.45, 7) is 4.16. The van der Waals surface area contributed by atoms with E-state index in [1.165, 1.54) is 5.56 Å². The van der Waals surface area contributed by atoms with Gasteiger partial charge in [-0.2, -0.15) is 0 Å². The Morgan fingerprint density at radius 2 is 1.57 bits per heavy atom. The van der Waals surface area contributed by atoms with Gasteiger partial charge in [-0.25, -0.2) is 0 Å². The third kappa shape index (κ3) is 2.45. The summed E-state index contributed by atoms with van der Waals surface area (Å²) < 4.78 is 19.2. The molecule has 0 aromatic heterocycles.